The SMILES string of the molecule is CC(C)CNCCc1ncc(C2CCC(C)O2)o1. The van der Waals surface area contributed by atoms with Crippen LogP contribution in [-0.2, 0) is 11.2 Å². The van der Waals surface area contributed by atoms with Crippen LogP contribution in [-0.4, -0.2) is 24.2 Å². The molecule has 1 aliphatic heterocycles. The Morgan fingerprint density at radius 1 is 1.44 bits per heavy atom. The molecule has 1 aromatic rings. The van der Waals surface area contributed by atoms with Crippen molar-refractivity contribution in [1.29, 1.82) is 0 Å². The van der Waals surface area contributed by atoms with Gasteiger partial charge in [0.15, 0.2) is 11.7 Å². The fourth-order valence-electron chi connectivity index (χ4n) is 2.19. The minimum absolute atomic E-state index is 0.116. The molecule has 1 N–H and O–H groups in total. The summed E-state index contributed by atoms with van der Waals surface area (Å²) in [7, 11) is 0. The van der Waals surface area contributed by atoms with E-state index in [-0.39, 0.29) is 6.10 Å². The van der Waals surface area contributed by atoms with E-state index in [2.05, 4.69) is 31.1 Å². The third kappa shape index (κ3) is 3.82. The first-order chi connectivity index (χ1) is 8.65. The zero-order valence-corrected chi connectivity index (χ0v) is 11.6. The molecule has 2 heterocycles. The van der Waals surface area contributed by atoms with Gasteiger partial charge in [-0.2, -0.15) is 0 Å². The van der Waals surface area contributed by atoms with Gasteiger partial charge < -0.3 is 14.5 Å². The van der Waals surface area contributed by atoms with Gasteiger partial charge in [-0.1, -0.05) is 13.8 Å². The van der Waals surface area contributed by atoms with Gasteiger partial charge in [-0.3, -0.25) is 0 Å². The molecule has 102 valence electrons. The van der Waals surface area contributed by atoms with Crippen molar-refractivity contribution in [3.05, 3.63) is 17.8 Å². The molecular formula is C14H24N2O2. The lowest BCUT2D eigenvalue weighted by atomic mass is 10.2. The summed E-state index contributed by atoms with van der Waals surface area (Å²) in [5, 5.41) is 3.39. The normalized spacial score (nSPS) is 24.0. The predicted octanol–water partition coefficient (Wildman–Crippen LogP) is 2.70. The molecule has 4 nitrogen and oxygen atoms in total. The third-order valence-corrected chi connectivity index (χ3v) is 3.19. The van der Waals surface area contributed by atoms with E-state index in [1.54, 1.807) is 0 Å². The second-order valence-electron chi connectivity index (χ2n) is 5.52. The van der Waals surface area contributed by atoms with Crippen LogP contribution in [0.3, 0.4) is 0 Å². The van der Waals surface area contributed by atoms with E-state index in [1.807, 2.05) is 6.20 Å². The molecule has 0 aliphatic carbocycles. The van der Waals surface area contributed by atoms with Crippen LogP contribution in [0.4, 0.5) is 0 Å². The van der Waals surface area contributed by atoms with Gasteiger partial charge in [0.05, 0.1) is 12.3 Å². The van der Waals surface area contributed by atoms with Gasteiger partial charge in [0.25, 0.3) is 0 Å². The Balaban J connectivity index is 1.76. The van der Waals surface area contributed by atoms with Crippen molar-refractivity contribution in [2.24, 2.45) is 5.92 Å². The first kappa shape index (κ1) is 13.6. The van der Waals surface area contributed by atoms with E-state index in [9.17, 15) is 0 Å². The summed E-state index contributed by atoms with van der Waals surface area (Å²) in [5.74, 6) is 2.38. The largest absolute Gasteiger partial charge is 0.443 e. The Kier molecular flexibility index (Phi) is 4.78. The van der Waals surface area contributed by atoms with E-state index < -0.39 is 0 Å². The number of oxazole rings is 1. The van der Waals surface area contributed by atoms with Crippen molar-refractivity contribution < 1.29 is 9.15 Å². The second kappa shape index (κ2) is 6.34. The summed E-state index contributed by atoms with van der Waals surface area (Å²) in [5.41, 5.74) is 0. The number of rotatable bonds is 6. The molecule has 0 aromatic carbocycles. The fraction of sp³-hybridized carbons (Fsp3) is 0.786. The lowest BCUT2D eigenvalue weighted by molar-refractivity contribution is 0.0417. The van der Waals surface area contributed by atoms with Gasteiger partial charge in [0, 0.05) is 13.0 Å². The molecule has 2 rings (SSSR count). The smallest absolute Gasteiger partial charge is 0.195 e. The molecule has 0 spiro atoms. The zero-order chi connectivity index (χ0) is 13.0. The number of nitrogens with one attached hydrogen (secondary N) is 1. The van der Waals surface area contributed by atoms with E-state index in [1.165, 1.54) is 0 Å². The van der Waals surface area contributed by atoms with E-state index in [4.69, 9.17) is 9.15 Å². The molecule has 1 fully saturated rings. The Labute approximate surface area is 109 Å². The molecule has 4 heteroatoms. The Hall–Kier alpha value is -0.870. The highest BCUT2D eigenvalue weighted by molar-refractivity contribution is 5.00. The molecule has 0 radical (unpaired) electrons. The molecule has 1 aromatic heterocycles. The first-order valence-corrected chi connectivity index (χ1v) is 6.96. The van der Waals surface area contributed by atoms with Crippen LogP contribution in [0.1, 0.15) is 51.4 Å². The second-order valence-corrected chi connectivity index (χ2v) is 5.52. The molecule has 0 saturated carbocycles. The molecule has 1 aliphatic rings. The van der Waals surface area contributed by atoms with Crippen molar-refractivity contribution in [1.82, 2.24) is 10.3 Å². The summed E-state index contributed by atoms with van der Waals surface area (Å²) in [4.78, 5) is 4.32. The molecule has 0 amide bonds. The standard InChI is InChI=1S/C14H24N2O2/c1-10(2)8-15-7-6-14-16-9-13(18-14)12-5-4-11(3)17-12/h9-12,15H,4-8H2,1-3H3. The highest BCUT2D eigenvalue weighted by Gasteiger charge is 2.26. The highest BCUT2D eigenvalue weighted by Crippen LogP contribution is 2.32. The van der Waals surface area contributed by atoms with Crippen LogP contribution >= 0.6 is 0 Å². The monoisotopic (exact) mass is 252 g/mol. The average molecular weight is 252 g/mol. The van der Waals surface area contributed by atoms with Crippen LogP contribution in [0, 0.1) is 5.92 Å². The number of nitrogens with zero attached hydrogens (tertiary/aromatic N) is 1. The maximum absolute atomic E-state index is 5.77. The molecule has 2 unspecified atom stereocenters. The van der Waals surface area contributed by atoms with Crippen LogP contribution in [0.25, 0.3) is 0 Å². The van der Waals surface area contributed by atoms with Gasteiger partial charge in [-0.05, 0) is 32.2 Å². The third-order valence-electron chi connectivity index (χ3n) is 3.19. The van der Waals surface area contributed by atoms with Crippen molar-refractivity contribution in [3.8, 4) is 0 Å². The van der Waals surface area contributed by atoms with Crippen LogP contribution in [0.15, 0.2) is 10.6 Å². The molecule has 0 bridgehead atoms. The number of hydrogen-bond acceptors (Lipinski definition) is 4. The maximum atomic E-state index is 5.77. The lowest BCUT2D eigenvalue weighted by Crippen LogP contribution is -2.22. The van der Waals surface area contributed by atoms with Crippen molar-refractivity contribution >= 4 is 0 Å². The van der Waals surface area contributed by atoms with Gasteiger partial charge in [0.1, 0.15) is 6.10 Å². The lowest BCUT2D eigenvalue weighted by Gasteiger charge is -2.07. The van der Waals surface area contributed by atoms with Gasteiger partial charge >= 0.3 is 0 Å². The van der Waals surface area contributed by atoms with Crippen LogP contribution in [0.2, 0.25) is 0 Å². The molecule has 1 saturated heterocycles. The molecular weight excluding hydrogens is 228 g/mol. The topological polar surface area (TPSA) is 47.3 Å². The van der Waals surface area contributed by atoms with Crippen molar-refractivity contribution in [2.75, 3.05) is 13.1 Å². The molecule has 18 heavy (non-hydrogen) atoms. The number of aromatic nitrogens is 1. The predicted molar refractivity (Wildman–Crippen MR) is 70.4 cm³/mol. The summed E-state index contributed by atoms with van der Waals surface area (Å²) < 4.78 is 11.5. The van der Waals surface area contributed by atoms with Crippen molar-refractivity contribution in [3.63, 3.8) is 0 Å². The first-order valence-electron chi connectivity index (χ1n) is 6.96. The Morgan fingerprint density at radius 2 is 2.28 bits per heavy atom. The summed E-state index contributed by atoms with van der Waals surface area (Å²) >= 11 is 0. The summed E-state index contributed by atoms with van der Waals surface area (Å²) in [6.45, 7) is 8.47. The van der Waals surface area contributed by atoms with E-state index >= 15 is 0 Å². The quantitative estimate of drug-likeness (QED) is 0.791. The maximum Gasteiger partial charge on any atom is 0.195 e. The zero-order valence-electron chi connectivity index (χ0n) is 11.6. The van der Waals surface area contributed by atoms with Crippen molar-refractivity contribution in [2.45, 2.75) is 52.2 Å². The minimum Gasteiger partial charge on any atom is -0.443 e. The van der Waals surface area contributed by atoms with E-state index in [0.29, 0.717) is 12.0 Å². The van der Waals surface area contributed by atoms with E-state index in [0.717, 1.165) is 44.0 Å². The minimum atomic E-state index is 0.116. The fourth-order valence-corrected chi connectivity index (χ4v) is 2.19. The van der Waals surface area contributed by atoms with Gasteiger partial charge in [-0.25, -0.2) is 4.98 Å². The number of ether oxygens (including phenoxy) is 1. The summed E-state index contributed by atoms with van der Waals surface area (Å²) in [6, 6.07) is 0. The number of hydrogen-bond donors (Lipinski definition) is 1. The average Bonchev–Trinajstić information content (AvgIpc) is 2.93. The van der Waals surface area contributed by atoms with Gasteiger partial charge in [-0.15, -0.1) is 0 Å². The molecule has 2 atom stereocenters. The van der Waals surface area contributed by atoms with Crippen LogP contribution in [0.5, 0.6) is 0 Å². The van der Waals surface area contributed by atoms with Gasteiger partial charge in [0.2, 0.25) is 0 Å². The Bertz CT molecular complexity index is 362. The highest BCUT2D eigenvalue weighted by atomic mass is 16.5. The Morgan fingerprint density at radius 3 is 2.94 bits per heavy atom. The summed E-state index contributed by atoms with van der Waals surface area (Å²) in [6.07, 6.45) is 5.27. The van der Waals surface area contributed by atoms with Crippen LogP contribution < -0.4 is 5.32 Å².